The number of likely N-dealkylation sites (N-methyl/N-ethyl adjacent to an activating group) is 1. The van der Waals surface area contributed by atoms with E-state index in [1.807, 2.05) is 24.1 Å². The highest BCUT2D eigenvalue weighted by Crippen LogP contribution is 2.25. The number of aliphatic imine (C=N–C) groups is 1. The molecule has 11 rings (SSSR count). The summed E-state index contributed by atoms with van der Waals surface area (Å²) < 4.78 is 0. The monoisotopic (exact) mass is 1270 g/mol. The Morgan fingerprint density at radius 1 is 0.396 bits per heavy atom. The number of hydrogen-bond donors (Lipinski definition) is 8. The molecule has 8 N–H and O–H groups in total. The van der Waals surface area contributed by atoms with Crippen molar-refractivity contribution in [2.75, 3.05) is 79.2 Å². The Labute approximate surface area is 540 Å². The third kappa shape index (κ3) is 17.7. The number of halogens is 3. The van der Waals surface area contributed by atoms with Crippen molar-refractivity contribution in [1.29, 1.82) is 10.8 Å². The maximum Gasteiger partial charge on any atom is 0.257 e. The molecular formula is C70H61Cl3N12O6. The predicted octanol–water partition coefficient (Wildman–Crippen LogP) is 13.8. The molecule has 6 amide bonds. The van der Waals surface area contributed by atoms with Crippen LogP contribution in [0.4, 0.5) is 34.1 Å². The minimum absolute atomic E-state index is 0.292. The van der Waals surface area contributed by atoms with Gasteiger partial charge < -0.3 is 46.6 Å². The van der Waals surface area contributed by atoms with E-state index in [4.69, 9.17) is 45.6 Å². The minimum Gasteiger partial charge on any atom is -0.363 e. The van der Waals surface area contributed by atoms with Gasteiger partial charge >= 0.3 is 0 Å². The molecule has 21 heteroatoms. The van der Waals surface area contributed by atoms with Gasteiger partial charge in [0.25, 0.3) is 35.4 Å². The zero-order valence-corrected chi connectivity index (χ0v) is 51.8. The number of amidine groups is 3. The van der Waals surface area contributed by atoms with Gasteiger partial charge in [-0.25, -0.2) is 0 Å². The quantitative estimate of drug-likeness (QED) is 0.0276. The first kappa shape index (κ1) is 64.6. The van der Waals surface area contributed by atoms with Crippen LogP contribution in [-0.4, -0.2) is 115 Å². The first-order chi connectivity index (χ1) is 43.9. The lowest BCUT2D eigenvalue weighted by atomic mass is 10.1. The lowest BCUT2D eigenvalue weighted by Crippen LogP contribution is -2.23. The fourth-order valence-electron chi connectivity index (χ4n) is 9.04. The van der Waals surface area contributed by atoms with Gasteiger partial charge in [0.2, 0.25) is 0 Å². The van der Waals surface area contributed by atoms with Crippen molar-refractivity contribution in [3.8, 4) is 0 Å². The maximum atomic E-state index is 12.8. The molecule has 0 spiro atoms. The van der Waals surface area contributed by atoms with Crippen LogP contribution >= 0.6 is 34.8 Å². The molecule has 2 heterocycles. The highest BCUT2D eigenvalue weighted by Gasteiger charge is 2.23. The van der Waals surface area contributed by atoms with Gasteiger partial charge in [0.05, 0.1) is 40.3 Å². The van der Waals surface area contributed by atoms with Crippen molar-refractivity contribution in [2.24, 2.45) is 4.99 Å². The van der Waals surface area contributed by atoms with Crippen LogP contribution in [0.5, 0.6) is 0 Å². The van der Waals surface area contributed by atoms with E-state index in [1.54, 1.807) is 225 Å². The average Bonchev–Trinajstić information content (AvgIpc) is 2.45. The molecule has 91 heavy (non-hydrogen) atoms. The second-order valence-corrected chi connectivity index (χ2v) is 22.1. The summed E-state index contributed by atoms with van der Waals surface area (Å²) in [5.41, 5.74) is 7.95. The van der Waals surface area contributed by atoms with Crippen LogP contribution in [0.2, 0.25) is 15.1 Å². The lowest BCUT2D eigenvalue weighted by molar-refractivity contribution is 0.101. The summed E-state index contributed by atoms with van der Waals surface area (Å²) in [5, 5.41) is 34.6. The second kappa shape index (κ2) is 30.3. The predicted molar refractivity (Wildman–Crippen MR) is 364 cm³/mol. The summed E-state index contributed by atoms with van der Waals surface area (Å²) in [4.78, 5) is 86.5. The van der Waals surface area contributed by atoms with E-state index in [0.29, 0.717) is 99.8 Å². The number of rotatable bonds is 15. The number of amides is 6. The van der Waals surface area contributed by atoms with Crippen molar-refractivity contribution < 1.29 is 28.8 Å². The van der Waals surface area contributed by atoms with Crippen LogP contribution in [0, 0.1) is 10.8 Å². The number of hydrogen-bond acceptors (Lipinski definition) is 10. The normalized spacial score (nSPS) is 11.8. The summed E-state index contributed by atoms with van der Waals surface area (Å²) in [6.07, 6.45) is 0. The first-order valence-corrected chi connectivity index (χ1v) is 29.6. The molecule has 18 nitrogen and oxygen atoms in total. The Bertz CT molecular complexity index is 4010. The Hall–Kier alpha value is -10.9. The third-order valence-corrected chi connectivity index (χ3v) is 14.8. The molecule has 9 aromatic carbocycles. The largest absolute Gasteiger partial charge is 0.363 e. The van der Waals surface area contributed by atoms with Gasteiger partial charge in [0.1, 0.15) is 17.5 Å². The Morgan fingerprint density at radius 3 is 1.03 bits per heavy atom. The zero-order valence-electron chi connectivity index (χ0n) is 49.5. The second-order valence-electron chi connectivity index (χ2n) is 20.8. The fraction of sp³-hybridized carbons (Fsp3) is 0.100. The molecule has 0 aliphatic carbocycles. The summed E-state index contributed by atoms with van der Waals surface area (Å²) in [6, 6.07) is 61.8. The van der Waals surface area contributed by atoms with Crippen LogP contribution in [-0.2, 0) is 0 Å². The molecule has 2 aliphatic heterocycles. The van der Waals surface area contributed by atoms with Crippen LogP contribution < -0.4 is 31.9 Å². The number of para-hydroxylation sites is 3. The van der Waals surface area contributed by atoms with Crippen LogP contribution in [0.1, 0.15) is 78.8 Å². The average molecular weight is 1270 g/mol. The Morgan fingerprint density at radius 2 is 0.714 bits per heavy atom. The van der Waals surface area contributed by atoms with Gasteiger partial charge in [0.15, 0.2) is 0 Å². The number of nitrogens with one attached hydrogen (secondary N) is 8. The Balaban J connectivity index is 0.000000162. The van der Waals surface area contributed by atoms with E-state index >= 15 is 0 Å². The molecular weight excluding hydrogens is 1210 g/mol. The number of nitrogens with zero attached hydrogens (tertiary/aromatic N) is 4. The first-order valence-electron chi connectivity index (χ1n) is 28.5. The number of carbonyl (C=O) groups is 6. The molecule has 1 fully saturated rings. The molecule has 0 unspecified atom stereocenters. The van der Waals surface area contributed by atoms with Gasteiger partial charge in [-0.2, -0.15) is 0 Å². The van der Waals surface area contributed by atoms with E-state index in [1.165, 1.54) is 0 Å². The molecule has 2 aliphatic rings. The number of benzene rings is 9. The van der Waals surface area contributed by atoms with E-state index in [0.717, 1.165) is 43.1 Å². The van der Waals surface area contributed by atoms with Crippen molar-refractivity contribution in [1.82, 2.24) is 14.7 Å². The summed E-state index contributed by atoms with van der Waals surface area (Å²) in [6.45, 7) is 3.47. The molecule has 9 aromatic rings. The van der Waals surface area contributed by atoms with Gasteiger partial charge in [-0.1, -0.05) is 108 Å². The van der Waals surface area contributed by atoms with Gasteiger partial charge in [-0.15, -0.1) is 0 Å². The Kier molecular flexibility index (Phi) is 21.5. The molecule has 0 saturated carbocycles. The van der Waals surface area contributed by atoms with Crippen molar-refractivity contribution >= 4 is 122 Å². The molecule has 458 valence electrons. The van der Waals surface area contributed by atoms with E-state index in [9.17, 15) is 28.8 Å². The number of carbonyl (C=O) groups excluding carboxylic acids is 6. The van der Waals surface area contributed by atoms with Crippen molar-refractivity contribution in [2.45, 2.75) is 0 Å². The highest BCUT2D eigenvalue weighted by molar-refractivity contribution is 6.31. The maximum absolute atomic E-state index is 12.8. The number of anilines is 6. The van der Waals surface area contributed by atoms with Crippen molar-refractivity contribution in [3.63, 3.8) is 0 Å². The summed E-state index contributed by atoms with van der Waals surface area (Å²) >= 11 is 17.6. The SMILES string of the molecule is CN(C)C(=N)c1ccc(C(=O)Nc2ccccc2C(=O)Nc2ccc(Cl)cc2)cc1.CN1CCN=C1c1ccc(C(=O)Nc2ccccc2C(=O)Nc2ccc(Cl)cc2)cc1.N=C(c1ccc(C(=O)Nc2ccccc2C(=O)Nc2ccc(Cl)cc2)cc1)N1CC1. The fourth-order valence-corrected chi connectivity index (χ4v) is 9.41. The van der Waals surface area contributed by atoms with Gasteiger partial charge in [-0.05, 0) is 146 Å². The van der Waals surface area contributed by atoms with Crippen molar-refractivity contribution in [3.05, 3.63) is 284 Å². The summed E-state index contributed by atoms with van der Waals surface area (Å²) in [5.74, 6) is -0.223. The minimum atomic E-state index is -0.344. The molecule has 0 bridgehead atoms. The third-order valence-electron chi connectivity index (χ3n) is 14.1. The highest BCUT2D eigenvalue weighted by atomic mass is 35.5. The topological polar surface area (TPSA) is 244 Å². The molecule has 0 atom stereocenters. The van der Waals surface area contributed by atoms with Crippen LogP contribution in [0.25, 0.3) is 0 Å². The van der Waals surface area contributed by atoms with E-state index < -0.39 is 0 Å². The zero-order chi connectivity index (χ0) is 64.6. The van der Waals surface area contributed by atoms with E-state index in [2.05, 4.69) is 41.8 Å². The summed E-state index contributed by atoms with van der Waals surface area (Å²) in [7, 11) is 5.57. The standard InChI is InChI=1S/C24H21ClN4O2.C23H19ClN4O2.C23H21ClN4O2/c1-29-15-14-26-22(29)16-6-8-17(9-7-16)23(30)28-21-5-3-2-4-20(21)24(31)27-19-12-10-18(25)11-13-19;24-17-9-11-18(12-10-17)26-23(30)19-3-1-2-4-20(19)27-22(29)16-7-5-15(6-8-16)21(25)28-13-14-28;1-28(2)21(25)15-7-9-16(10-8-15)22(29)27-20-6-4-3-5-19(20)23(30)26-18-13-11-17(24)12-14-18/h2-13H,14-15H2,1H3,(H,27,31)(H,28,30);1-12,25H,13-14H2,(H,26,30)(H,27,29);3-14,25H,1-2H3,(H,26,30)(H,27,29). The van der Waals surface area contributed by atoms with Gasteiger partial charge in [-0.3, -0.25) is 44.6 Å². The van der Waals surface area contributed by atoms with E-state index in [-0.39, 0.29) is 35.4 Å². The smallest absolute Gasteiger partial charge is 0.257 e. The molecule has 0 radical (unpaired) electrons. The van der Waals surface area contributed by atoms with Gasteiger partial charge in [0, 0.05) is 106 Å². The van der Waals surface area contributed by atoms with Crippen LogP contribution in [0.3, 0.4) is 0 Å². The lowest BCUT2D eigenvalue weighted by Gasteiger charge is -2.14. The van der Waals surface area contributed by atoms with Crippen LogP contribution in [0.15, 0.2) is 223 Å². The molecule has 1 saturated heterocycles. The molecule has 0 aromatic heterocycles.